The highest BCUT2D eigenvalue weighted by atomic mass is 14.9. The van der Waals surface area contributed by atoms with Gasteiger partial charge in [0.25, 0.3) is 0 Å². The number of benzene rings is 10. The summed E-state index contributed by atoms with van der Waals surface area (Å²) in [5, 5.41) is 0. The van der Waals surface area contributed by atoms with E-state index in [1.807, 2.05) is 0 Å². The van der Waals surface area contributed by atoms with E-state index in [-0.39, 0.29) is 0 Å². The second-order valence-electron chi connectivity index (χ2n) is 16.5. The number of hydrogen-bond acceptors (Lipinski definition) is 2. The van der Waals surface area contributed by atoms with Crippen LogP contribution in [0.3, 0.4) is 0 Å². The maximum Gasteiger partial charge on any atom is 0.160 e. The van der Waals surface area contributed by atoms with Crippen LogP contribution in [0, 0.1) is 0 Å². The molecule has 0 saturated carbocycles. The lowest BCUT2D eigenvalue weighted by Gasteiger charge is -2.24. The van der Waals surface area contributed by atoms with Crippen molar-refractivity contribution in [3.63, 3.8) is 0 Å². The molecule has 0 aliphatic rings. The van der Waals surface area contributed by atoms with E-state index in [0.717, 1.165) is 67.0 Å². The Hall–Kier alpha value is -8.72. The third-order valence-corrected chi connectivity index (χ3v) is 12.3. The first kappa shape index (κ1) is 40.1. The zero-order valence-corrected chi connectivity index (χ0v) is 36.3. The molecule has 11 rings (SSSR count). The van der Waals surface area contributed by atoms with Gasteiger partial charge < -0.3 is 0 Å². The van der Waals surface area contributed by atoms with E-state index in [1.165, 1.54) is 38.9 Å². The molecule has 0 radical (unpaired) electrons. The van der Waals surface area contributed by atoms with Crippen LogP contribution in [0.4, 0.5) is 0 Å². The molecule has 1 aromatic heterocycles. The minimum atomic E-state index is 0.664. The minimum Gasteiger partial charge on any atom is -0.228 e. The summed E-state index contributed by atoms with van der Waals surface area (Å²) < 4.78 is 0. The summed E-state index contributed by atoms with van der Waals surface area (Å²) in [6.45, 7) is 0. The Kier molecular flexibility index (Phi) is 11.0. The summed E-state index contributed by atoms with van der Waals surface area (Å²) in [6.07, 6.45) is 0. The topological polar surface area (TPSA) is 25.8 Å². The lowest BCUT2D eigenvalue weighted by atomic mass is 9.79. The molecular weight excluding hydrogens is 797 g/mol. The highest BCUT2D eigenvalue weighted by Crippen LogP contribution is 2.50. The van der Waals surface area contributed by atoms with Crippen LogP contribution >= 0.6 is 0 Å². The summed E-state index contributed by atoms with van der Waals surface area (Å²) in [5.74, 6) is 0.664. The van der Waals surface area contributed by atoms with Gasteiger partial charge in [0.2, 0.25) is 0 Å². The predicted molar refractivity (Wildman–Crippen MR) is 276 cm³/mol. The van der Waals surface area contributed by atoms with Crippen molar-refractivity contribution in [2.75, 3.05) is 0 Å². The van der Waals surface area contributed by atoms with Gasteiger partial charge in [-0.1, -0.05) is 249 Å². The molecule has 0 saturated heterocycles. The first-order valence-electron chi connectivity index (χ1n) is 22.5. The Bertz CT molecular complexity index is 3290. The zero-order valence-electron chi connectivity index (χ0n) is 36.3. The van der Waals surface area contributed by atoms with Gasteiger partial charge in [-0.15, -0.1) is 0 Å². The number of hydrogen-bond donors (Lipinski definition) is 0. The minimum absolute atomic E-state index is 0.664. The summed E-state index contributed by atoms with van der Waals surface area (Å²) in [6, 6.07) is 95.0. The first-order valence-corrected chi connectivity index (χ1v) is 22.5. The third kappa shape index (κ3) is 8.16. The normalized spacial score (nSPS) is 11.0. The Labute approximate surface area is 386 Å². The van der Waals surface area contributed by atoms with E-state index in [2.05, 4.69) is 267 Å². The molecule has 310 valence electrons. The molecule has 0 aliphatic carbocycles. The van der Waals surface area contributed by atoms with Crippen molar-refractivity contribution in [2.45, 2.75) is 0 Å². The fourth-order valence-electron chi connectivity index (χ4n) is 9.08. The lowest BCUT2D eigenvalue weighted by Crippen LogP contribution is -1.99. The molecule has 0 amide bonds. The van der Waals surface area contributed by atoms with Crippen molar-refractivity contribution in [3.8, 4) is 112 Å². The molecule has 11 aromatic rings. The Morgan fingerprint density at radius 2 is 0.485 bits per heavy atom. The van der Waals surface area contributed by atoms with E-state index >= 15 is 0 Å². The Balaban J connectivity index is 1.12. The monoisotopic (exact) mass is 840 g/mol. The Morgan fingerprint density at radius 1 is 0.182 bits per heavy atom. The molecule has 0 fully saturated rings. The van der Waals surface area contributed by atoms with Crippen molar-refractivity contribution in [2.24, 2.45) is 0 Å². The lowest BCUT2D eigenvalue weighted by molar-refractivity contribution is 1.18. The molecule has 1 heterocycles. The molecule has 2 nitrogen and oxygen atoms in total. The van der Waals surface area contributed by atoms with Gasteiger partial charge in [0.1, 0.15) is 0 Å². The molecule has 0 aliphatic heterocycles. The zero-order chi connectivity index (χ0) is 44.1. The highest BCUT2D eigenvalue weighted by molar-refractivity contribution is 6.07. The summed E-state index contributed by atoms with van der Waals surface area (Å²) in [4.78, 5) is 10.7. The predicted octanol–water partition coefficient (Wildman–Crippen LogP) is 17.1. The largest absolute Gasteiger partial charge is 0.228 e. The van der Waals surface area contributed by atoms with Crippen molar-refractivity contribution in [1.82, 2.24) is 9.97 Å². The van der Waals surface area contributed by atoms with Gasteiger partial charge in [-0.2, -0.15) is 0 Å². The summed E-state index contributed by atoms with van der Waals surface area (Å²) in [7, 11) is 0. The van der Waals surface area contributed by atoms with Crippen LogP contribution in [-0.4, -0.2) is 9.97 Å². The van der Waals surface area contributed by atoms with Gasteiger partial charge >= 0.3 is 0 Å². The van der Waals surface area contributed by atoms with Gasteiger partial charge in [-0.05, 0) is 96.1 Å². The number of aromatic nitrogens is 2. The summed E-state index contributed by atoms with van der Waals surface area (Å²) >= 11 is 0. The van der Waals surface area contributed by atoms with E-state index < -0.39 is 0 Å². The Morgan fingerprint density at radius 3 is 0.909 bits per heavy atom. The van der Waals surface area contributed by atoms with E-state index in [1.54, 1.807) is 0 Å². The second kappa shape index (κ2) is 18.2. The van der Waals surface area contributed by atoms with Crippen LogP contribution in [0.15, 0.2) is 267 Å². The van der Waals surface area contributed by atoms with Gasteiger partial charge in [-0.25, -0.2) is 9.97 Å². The van der Waals surface area contributed by atoms with Crippen molar-refractivity contribution < 1.29 is 0 Å². The molecule has 0 unspecified atom stereocenters. The van der Waals surface area contributed by atoms with E-state index in [9.17, 15) is 0 Å². The molecule has 2 heteroatoms. The second-order valence-corrected chi connectivity index (χ2v) is 16.5. The van der Waals surface area contributed by atoms with E-state index in [0.29, 0.717) is 5.82 Å². The van der Waals surface area contributed by atoms with Crippen molar-refractivity contribution >= 4 is 0 Å². The number of nitrogens with zero attached hydrogens (tertiary/aromatic N) is 2. The average Bonchev–Trinajstić information content (AvgIpc) is 3.42. The van der Waals surface area contributed by atoms with Gasteiger partial charge in [0.05, 0.1) is 11.4 Å². The quantitative estimate of drug-likeness (QED) is 0.137. The standard InChI is InChI=1S/C64H44N2/c1-7-20-45(21-8-1)47-34-38-50(39-35-47)59-44-60(51-40-36-48(37-41-51)46-22-9-2-10-23-46)66-64(65-59)56-33-19-32-55(42-56)58-43-57(49-24-11-3-12-25-49)61(52-26-13-4-14-27-52)63(54-30-17-6-18-31-54)62(58)53-28-15-5-16-29-53/h1-44H. The molecule has 10 aromatic carbocycles. The van der Waals surface area contributed by atoms with Crippen LogP contribution in [0.1, 0.15) is 0 Å². The molecule has 0 spiro atoms. The highest BCUT2D eigenvalue weighted by Gasteiger charge is 2.24. The van der Waals surface area contributed by atoms with Crippen LogP contribution in [0.25, 0.3) is 112 Å². The van der Waals surface area contributed by atoms with E-state index in [4.69, 9.17) is 9.97 Å². The van der Waals surface area contributed by atoms with Crippen molar-refractivity contribution in [1.29, 1.82) is 0 Å². The van der Waals surface area contributed by atoms with Gasteiger partial charge in [0, 0.05) is 16.7 Å². The molecule has 0 atom stereocenters. The summed E-state index contributed by atoms with van der Waals surface area (Å²) in [5.41, 5.74) is 21.0. The first-order chi connectivity index (χ1) is 32.7. The average molecular weight is 841 g/mol. The molecule has 0 N–H and O–H groups in total. The maximum atomic E-state index is 5.36. The smallest absolute Gasteiger partial charge is 0.160 e. The van der Waals surface area contributed by atoms with Crippen LogP contribution in [0.5, 0.6) is 0 Å². The van der Waals surface area contributed by atoms with Gasteiger partial charge in [0.15, 0.2) is 5.82 Å². The fraction of sp³-hybridized carbons (Fsp3) is 0. The maximum absolute atomic E-state index is 5.36. The van der Waals surface area contributed by atoms with Crippen LogP contribution in [0.2, 0.25) is 0 Å². The third-order valence-electron chi connectivity index (χ3n) is 12.3. The molecular formula is C64H44N2. The number of rotatable bonds is 10. The molecule has 66 heavy (non-hydrogen) atoms. The van der Waals surface area contributed by atoms with Crippen LogP contribution < -0.4 is 0 Å². The fourth-order valence-corrected chi connectivity index (χ4v) is 9.08. The van der Waals surface area contributed by atoms with Crippen molar-refractivity contribution in [3.05, 3.63) is 267 Å². The van der Waals surface area contributed by atoms with Gasteiger partial charge in [-0.3, -0.25) is 0 Å². The molecule has 0 bridgehead atoms. The SMILES string of the molecule is c1ccc(-c2ccc(-c3cc(-c4ccc(-c5ccccc5)cc4)nc(-c4cccc(-c5cc(-c6ccccc6)c(-c6ccccc6)c(-c6ccccc6)c5-c5ccccc5)c4)n3)cc2)cc1. The van der Waals surface area contributed by atoms with Crippen LogP contribution in [-0.2, 0) is 0 Å².